The maximum atomic E-state index is 13.0. The number of amides is 1. The number of carbonyl (C=O) groups is 1. The second-order valence-corrected chi connectivity index (χ2v) is 9.25. The zero-order valence-electron chi connectivity index (χ0n) is 16.6. The van der Waals surface area contributed by atoms with E-state index < -0.39 is 0 Å². The summed E-state index contributed by atoms with van der Waals surface area (Å²) in [6.07, 6.45) is 0. The zero-order chi connectivity index (χ0) is 20.5. The molecular formula is C23H21N3O2S2. The fourth-order valence-electron chi connectivity index (χ4n) is 3.68. The van der Waals surface area contributed by atoms with Crippen molar-refractivity contribution in [3.05, 3.63) is 65.5 Å². The van der Waals surface area contributed by atoms with Crippen molar-refractivity contribution < 1.29 is 9.53 Å². The Bertz CT molecular complexity index is 1160. The lowest BCUT2D eigenvalue weighted by Crippen LogP contribution is -2.48. The summed E-state index contributed by atoms with van der Waals surface area (Å²) in [5.74, 6) is 0.963. The molecular weight excluding hydrogens is 414 g/mol. The van der Waals surface area contributed by atoms with E-state index in [1.165, 1.54) is 16.0 Å². The van der Waals surface area contributed by atoms with Crippen molar-refractivity contribution in [1.82, 2.24) is 9.88 Å². The third kappa shape index (κ3) is 3.66. The molecule has 3 heterocycles. The fourth-order valence-corrected chi connectivity index (χ4v) is 5.67. The van der Waals surface area contributed by atoms with Gasteiger partial charge in [-0.3, -0.25) is 4.79 Å². The van der Waals surface area contributed by atoms with Gasteiger partial charge in [0.25, 0.3) is 5.91 Å². The Labute approximate surface area is 183 Å². The van der Waals surface area contributed by atoms with Crippen LogP contribution < -0.4 is 9.64 Å². The minimum absolute atomic E-state index is 0.109. The van der Waals surface area contributed by atoms with Crippen LogP contribution in [-0.4, -0.2) is 49.1 Å². The molecule has 0 bridgehead atoms. The van der Waals surface area contributed by atoms with Gasteiger partial charge in [-0.1, -0.05) is 18.2 Å². The largest absolute Gasteiger partial charge is 0.497 e. The number of fused-ring (bicyclic) bond motifs is 1. The maximum absolute atomic E-state index is 13.0. The molecule has 30 heavy (non-hydrogen) atoms. The molecule has 152 valence electrons. The van der Waals surface area contributed by atoms with Gasteiger partial charge in [0.05, 0.1) is 27.1 Å². The second-order valence-electron chi connectivity index (χ2n) is 7.13. The Morgan fingerprint density at radius 1 is 0.967 bits per heavy atom. The summed E-state index contributed by atoms with van der Waals surface area (Å²) in [6, 6.07) is 20.2. The highest BCUT2D eigenvalue weighted by Crippen LogP contribution is 2.35. The summed E-state index contributed by atoms with van der Waals surface area (Å²) >= 11 is 3.20. The molecule has 7 heteroatoms. The van der Waals surface area contributed by atoms with Crippen LogP contribution in [0.3, 0.4) is 0 Å². The average Bonchev–Trinajstić information content (AvgIpc) is 3.46. The highest BCUT2D eigenvalue weighted by atomic mass is 32.1. The number of hydrogen-bond donors (Lipinski definition) is 0. The number of anilines is 1. The topological polar surface area (TPSA) is 45.7 Å². The van der Waals surface area contributed by atoms with Crippen molar-refractivity contribution in [2.75, 3.05) is 38.2 Å². The Morgan fingerprint density at radius 3 is 2.60 bits per heavy atom. The van der Waals surface area contributed by atoms with Crippen LogP contribution in [0.15, 0.2) is 60.7 Å². The number of piperazine rings is 1. The highest BCUT2D eigenvalue weighted by Gasteiger charge is 2.24. The van der Waals surface area contributed by atoms with Gasteiger partial charge in [-0.2, -0.15) is 0 Å². The molecule has 0 aliphatic carbocycles. The van der Waals surface area contributed by atoms with Crippen LogP contribution in [-0.2, 0) is 0 Å². The normalized spacial score (nSPS) is 14.3. The highest BCUT2D eigenvalue weighted by molar-refractivity contribution is 7.26. The number of methoxy groups -OCH3 is 1. The molecule has 0 N–H and O–H groups in total. The summed E-state index contributed by atoms with van der Waals surface area (Å²) in [7, 11) is 1.68. The van der Waals surface area contributed by atoms with E-state index in [4.69, 9.17) is 9.72 Å². The van der Waals surface area contributed by atoms with Gasteiger partial charge >= 0.3 is 0 Å². The van der Waals surface area contributed by atoms with Crippen molar-refractivity contribution in [2.45, 2.75) is 0 Å². The van der Waals surface area contributed by atoms with E-state index in [1.807, 2.05) is 53.4 Å². The van der Waals surface area contributed by atoms with Crippen molar-refractivity contribution in [3.63, 3.8) is 0 Å². The monoisotopic (exact) mass is 435 g/mol. The predicted octanol–water partition coefficient (Wildman–Crippen LogP) is 5.00. The van der Waals surface area contributed by atoms with Crippen LogP contribution in [0, 0.1) is 0 Å². The SMILES string of the molecule is COc1cccc(N2CCN(C(=O)c3ccc(-c4nc5ccccc5s4)s3)CC2)c1. The number of thiophene rings is 1. The molecule has 0 unspecified atom stereocenters. The van der Waals surface area contributed by atoms with E-state index in [0.717, 1.165) is 44.8 Å². The summed E-state index contributed by atoms with van der Waals surface area (Å²) in [4.78, 5) is 23.8. The van der Waals surface area contributed by atoms with Crippen molar-refractivity contribution in [3.8, 4) is 15.6 Å². The maximum Gasteiger partial charge on any atom is 0.264 e. The summed E-state index contributed by atoms with van der Waals surface area (Å²) in [5.41, 5.74) is 2.14. The Kier molecular flexibility index (Phi) is 5.14. The number of rotatable bonds is 4. The Morgan fingerprint density at radius 2 is 1.80 bits per heavy atom. The second kappa shape index (κ2) is 8.08. The predicted molar refractivity (Wildman–Crippen MR) is 124 cm³/mol. The van der Waals surface area contributed by atoms with Crippen LogP contribution in [0.2, 0.25) is 0 Å². The van der Waals surface area contributed by atoms with Gasteiger partial charge in [0.2, 0.25) is 0 Å². The van der Waals surface area contributed by atoms with Crippen LogP contribution in [0.4, 0.5) is 5.69 Å². The first kappa shape index (κ1) is 19.1. The lowest BCUT2D eigenvalue weighted by molar-refractivity contribution is 0.0751. The Balaban J connectivity index is 1.27. The average molecular weight is 436 g/mol. The molecule has 0 radical (unpaired) electrons. The molecule has 2 aromatic heterocycles. The number of hydrogen-bond acceptors (Lipinski definition) is 6. The molecule has 0 spiro atoms. The van der Waals surface area contributed by atoms with Gasteiger partial charge in [0, 0.05) is 37.9 Å². The van der Waals surface area contributed by atoms with Gasteiger partial charge in [-0.25, -0.2) is 4.98 Å². The van der Waals surface area contributed by atoms with Gasteiger partial charge in [0.1, 0.15) is 10.8 Å². The van der Waals surface area contributed by atoms with Crippen LogP contribution in [0.5, 0.6) is 5.75 Å². The zero-order valence-corrected chi connectivity index (χ0v) is 18.2. The smallest absolute Gasteiger partial charge is 0.264 e. The number of thiazole rings is 1. The molecule has 0 atom stereocenters. The molecule has 5 nitrogen and oxygen atoms in total. The molecule has 1 fully saturated rings. The fraction of sp³-hybridized carbons (Fsp3) is 0.217. The van der Waals surface area contributed by atoms with Crippen molar-refractivity contribution >= 4 is 44.5 Å². The van der Waals surface area contributed by atoms with Crippen molar-refractivity contribution in [2.24, 2.45) is 0 Å². The molecule has 2 aromatic carbocycles. The molecule has 1 aliphatic rings. The molecule has 4 aromatic rings. The first-order valence-corrected chi connectivity index (χ1v) is 11.5. The van der Waals surface area contributed by atoms with E-state index in [0.29, 0.717) is 13.1 Å². The lowest BCUT2D eigenvalue weighted by atomic mass is 10.2. The van der Waals surface area contributed by atoms with E-state index in [1.54, 1.807) is 18.4 Å². The number of benzene rings is 2. The number of para-hydroxylation sites is 1. The first-order valence-electron chi connectivity index (χ1n) is 9.85. The molecule has 0 saturated carbocycles. The van der Waals surface area contributed by atoms with Crippen LogP contribution in [0.25, 0.3) is 20.1 Å². The molecule has 5 rings (SSSR count). The quantitative estimate of drug-likeness (QED) is 0.453. The van der Waals surface area contributed by atoms with E-state index in [9.17, 15) is 4.79 Å². The summed E-state index contributed by atoms with van der Waals surface area (Å²) in [5, 5.41) is 0.975. The summed E-state index contributed by atoms with van der Waals surface area (Å²) < 4.78 is 6.50. The third-order valence-electron chi connectivity index (χ3n) is 5.31. The minimum Gasteiger partial charge on any atom is -0.497 e. The number of nitrogens with zero attached hydrogens (tertiary/aromatic N) is 3. The van der Waals surface area contributed by atoms with Crippen LogP contribution in [0.1, 0.15) is 9.67 Å². The lowest BCUT2D eigenvalue weighted by Gasteiger charge is -2.36. The number of aromatic nitrogens is 1. The van der Waals surface area contributed by atoms with Gasteiger partial charge in [-0.15, -0.1) is 22.7 Å². The molecule has 1 amide bonds. The van der Waals surface area contributed by atoms with Gasteiger partial charge in [0.15, 0.2) is 0 Å². The summed E-state index contributed by atoms with van der Waals surface area (Å²) in [6.45, 7) is 3.05. The first-order chi connectivity index (χ1) is 14.7. The van der Waals surface area contributed by atoms with Crippen molar-refractivity contribution in [1.29, 1.82) is 0 Å². The Hall–Kier alpha value is -2.90. The number of carbonyl (C=O) groups excluding carboxylic acids is 1. The standard InChI is InChI=1S/C23H21N3O2S2/c1-28-17-6-4-5-16(15-17)25-11-13-26(14-12-25)23(27)21-10-9-20(29-21)22-24-18-7-2-3-8-19(18)30-22/h2-10,15H,11-14H2,1H3. The van der Waals surface area contributed by atoms with Crippen LogP contribution >= 0.6 is 22.7 Å². The van der Waals surface area contributed by atoms with E-state index in [2.05, 4.69) is 17.0 Å². The third-order valence-corrected chi connectivity index (χ3v) is 7.59. The molecule has 1 saturated heterocycles. The van der Waals surface area contributed by atoms with Gasteiger partial charge in [-0.05, 0) is 36.4 Å². The number of ether oxygens (including phenoxy) is 1. The molecule has 1 aliphatic heterocycles. The minimum atomic E-state index is 0.109. The van der Waals surface area contributed by atoms with E-state index >= 15 is 0 Å². The van der Waals surface area contributed by atoms with E-state index in [-0.39, 0.29) is 5.91 Å². The van der Waals surface area contributed by atoms with Gasteiger partial charge < -0.3 is 14.5 Å².